The number of nitrogens with one attached hydrogen (secondary N) is 1. The molecule has 0 atom stereocenters. The van der Waals surface area contributed by atoms with Gasteiger partial charge in [0.25, 0.3) is 5.56 Å². The molecule has 5 nitrogen and oxygen atoms in total. The lowest BCUT2D eigenvalue weighted by molar-refractivity contribution is 0.106. The van der Waals surface area contributed by atoms with Gasteiger partial charge in [-0.3, -0.25) is 9.59 Å². The van der Waals surface area contributed by atoms with Crippen LogP contribution in [0.25, 0.3) is 12.2 Å². The van der Waals surface area contributed by atoms with Gasteiger partial charge in [0.2, 0.25) is 0 Å². The summed E-state index contributed by atoms with van der Waals surface area (Å²) in [7, 11) is 0. The first-order valence-corrected chi connectivity index (χ1v) is 9.34. The first kappa shape index (κ1) is 17.3. The summed E-state index contributed by atoms with van der Waals surface area (Å²) in [5.74, 6) is 1.25. The molecule has 0 spiro atoms. The molecule has 2 aromatic carbocycles. The van der Waals surface area contributed by atoms with Gasteiger partial charge in [-0.15, -0.1) is 11.3 Å². The normalized spacial score (nSPS) is 14.4. The smallest absolute Gasteiger partial charge is 0.266 e. The van der Waals surface area contributed by atoms with Crippen LogP contribution in [-0.4, -0.2) is 24.0 Å². The van der Waals surface area contributed by atoms with Crippen molar-refractivity contribution >= 4 is 29.3 Å². The zero-order valence-electron chi connectivity index (χ0n) is 14.7. The summed E-state index contributed by atoms with van der Waals surface area (Å²) in [6.45, 7) is 2.93. The molecule has 0 aliphatic carbocycles. The van der Waals surface area contributed by atoms with Crippen molar-refractivity contribution in [3.05, 3.63) is 78.7 Å². The third-order valence-electron chi connectivity index (χ3n) is 4.22. The van der Waals surface area contributed by atoms with E-state index in [9.17, 15) is 9.59 Å². The second kappa shape index (κ2) is 7.25. The van der Waals surface area contributed by atoms with E-state index < -0.39 is 0 Å². The SMILES string of the molecule is Cc1ccccc1C(=O)C=c1[nH]c(=O)c(=Cc2ccc3c(c2)OCCO3)s1. The maximum atomic E-state index is 12.5. The number of benzene rings is 2. The molecule has 1 N–H and O–H groups in total. The molecule has 0 unspecified atom stereocenters. The Kier molecular flexibility index (Phi) is 4.64. The molecule has 136 valence electrons. The maximum Gasteiger partial charge on any atom is 0.266 e. The molecule has 0 saturated carbocycles. The van der Waals surface area contributed by atoms with Crippen LogP contribution in [-0.2, 0) is 0 Å². The number of rotatable bonds is 3. The summed E-state index contributed by atoms with van der Waals surface area (Å²) in [5.41, 5.74) is 2.15. The van der Waals surface area contributed by atoms with Gasteiger partial charge >= 0.3 is 0 Å². The Labute approximate surface area is 159 Å². The number of thiazole rings is 1. The lowest BCUT2D eigenvalue weighted by atomic mass is 10.1. The van der Waals surface area contributed by atoms with Crippen molar-refractivity contribution in [1.82, 2.24) is 4.98 Å². The fraction of sp³-hybridized carbons (Fsp3) is 0.143. The number of carbonyl (C=O) groups excluding carboxylic acids is 1. The summed E-state index contributed by atoms with van der Waals surface area (Å²) in [6.07, 6.45) is 3.24. The lowest BCUT2D eigenvalue weighted by Gasteiger charge is -2.18. The van der Waals surface area contributed by atoms with E-state index in [1.165, 1.54) is 17.4 Å². The molecule has 0 bridgehead atoms. The summed E-state index contributed by atoms with van der Waals surface area (Å²) >= 11 is 1.25. The summed E-state index contributed by atoms with van der Waals surface area (Å²) in [4.78, 5) is 27.5. The molecule has 2 heterocycles. The van der Waals surface area contributed by atoms with Crippen molar-refractivity contribution in [2.24, 2.45) is 0 Å². The highest BCUT2D eigenvalue weighted by Crippen LogP contribution is 2.30. The Balaban J connectivity index is 1.69. The van der Waals surface area contributed by atoms with Crippen LogP contribution in [0.5, 0.6) is 11.5 Å². The van der Waals surface area contributed by atoms with Crippen LogP contribution in [0.1, 0.15) is 21.5 Å². The van der Waals surface area contributed by atoms with Crippen molar-refractivity contribution in [1.29, 1.82) is 0 Å². The molecule has 0 saturated heterocycles. The highest BCUT2D eigenvalue weighted by molar-refractivity contribution is 7.07. The number of hydrogen-bond acceptors (Lipinski definition) is 5. The van der Waals surface area contributed by atoms with Crippen LogP contribution in [0, 0.1) is 6.92 Å². The Morgan fingerprint density at radius 3 is 2.70 bits per heavy atom. The van der Waals surface area contributed by atoms with Crippen molar-refractivity contribution < 1.29 is 14.3 Å². The van der Waals surface area contributed by atoms with Crippen molar-refractivity contribution in [3.63, 3.8) is 0 Å². The monoisotopic (exact) mass is 379 g/mol. The molecule has 4 rings (SSSR count). The summed E-state index contributed by atoms with van der Waals surface area (Å²) < 4.78 is 12.1. The number of Topliss-reactive ketones (excluding diaryl/α,β-unsaturated/α-hetero) is 1. The van der Waals surface area contributed by atoms with Gasteiger partial charge in [-0.05, 0) is 36.3 Å². The first-order valence-electron chi connectivity index (χ1n) is 8.52. The van der Waals surface area contributed by atoms with Crippen molar-refractivity contribution in [3.8, 4) is 11.5 Å². The summed E-state index contributed by atoms with van der Waals surface area (Å²) in [5, 5.41) is 0. The van der Waals surface area contributed by atoms with Crippen LogP contribution in [0.3, 0.4) is 0 Å². The number of ether oxygens (including phenoxy) is 2. The average molecular weight is 379 g/mol. The quantitative estimate of drug-likeness (QED) is 0.707. The van der Waals surface area contributed by atoms with E-state index in [-0.39, 0.29) is 11.3 Å². The third kappa shape index (κ3) is 3.71. The Morgan fingerprint density at radius 2 is 1.89 bits per heavy atom. The maximum absolute atomic E-state index is 12.5. The predicted octanol–water partition coefficient (Wildman–Crippen LogP) is 2.01. The molecule has 1 aromatic heterocycles. The van der Waals surface area contributed by atoms with Crippen molar-refractivity contribution in [2.45, 2.75) is 6.92 Å². The van der Waals surface area contributed by atoms with E-state index in [0.717, 1.165) is 11.1 Å². The van der Waals surface area contributed by atoms with Gasteiger partial charge in [-0.25, -0.2) is 0 Å². The van der Waals surface area contributed by atoms with Gasteiger partial charge < -0.3 is 14.5 Å². The van der Waals surface area contributed by atoms with E-state index in [1.54, 1.807) is 12.1 Å². The molecule has 1 aliphatic rings. The van der Waals surface area contributed by atoms with Crippen LogP contribution in [0.15, 0.2) is 47.3 Å². The largest absolute Gasteiger partial charge is 0.486 e. The Hall–Kier alpha value is -3.12. The zero-order chi connectivity index (χ0) is 18.8. The van der Waals surface area contributed by atoms with Crippen LogP contribution in [0.4, 0.5) is 0 Å². The average Bonchev–Trinajstić information content (AvgIpc) is 3.00. The third-order valence-corrected chi connectivity index (χ3v) is 5.18. The number of aryl methyl sites for hydroxylation is 1. The van der Waals surface area contributed by atoms with E-state index in [2.05, 4.69) is 4.98 Å². The number of aromatic nitrogens is 1. The molecule has 6 heteroatoms. The van der Waals surface area contributed by atoms with Crippen LogP contribution in [0.2, 0.25) is 0 Å². The molecule has 3 aromatic rings. The standard InChI is InChI=1S/C21H17NO4S/c1-13-4-2-3-5-15(13)16(23)12-20-22-21(24)19(27-20)11-14-6-7-17-18(10-14)26-9-8-25-17/h2-7,10-12H,8-9H2,1H3,(H,22,24). The van der Waals surface area contributed by atoms with Gasteiger partial charge in [0, 0.05) is 11.6 Å². The highest BCUT2D eigenvalue weighted by Gasteiger charge is 2.11. The fourth-order valence-electron chi connectivity index (χ4n) is 2.87. The van der Waals surface area contributed by atoms with Crippen LogP contribution >= 0.6 is 11.3 Å². The summed E-state index contributed by atoms with van der Waals surface area (Å²) in [6, 6.07) is 12.9. The van der Waals surface area contributed by atoms with E-state index in [4.69, 9.17) is 9.47 Å². The number of ketones is 1. The second-order valence-electron chi connectivity index (χ2n) is 6.16. The molecular weight excluding hydrogens is 362 g/mol. The topological polar surface area (TPSA) is 68.4 Å². The minimum absolute atomic E-state index is 0.128. The number of carbonyl (C=O) groups is 1. The van der Waals surface area contributed by atoms with Gasteiger partial charge in [-0.2, -0.15) is 0 Å². The minimum Gasteiger partial charge on any atom is -0.486 e. The zero-order valence-corrected chi connectivity index (χ0v) is 15.5. The van der Waals surface area contributed by atoms with E-state index >= 15 is 0 Å². The number of H-pyrrole nitrogens is 1. The van der Waals surface area contributed by atoms with Gasteiger partial charge in [0.15, 0.2) is 17.3 Å². The Bertz CT molecular complexity index is 1190. The molecular formula is C21H17NO4S. The molecule has 1 aliphatic heterocycles. The van der Waals surface area contributed by atoms with Crippen LogP contribution < -0.4 is 24.2 Å². The van der Waals surface area contributed by atoms with Gasteiger partial charge in [0.05, 0.1) is 9.20 Å². The lowest BCUT2D eigenvalue weighted by Crippen LogP contribution is -2.20. The number of hydrogen-bond donors (Lipinski definition) is 1. The molecule has 0 radical (unpaired) electrons. The minimum atomic E-state index is -0.223. The highest BCUT2D eigenvalue weighted by atomic mass is 32.1. The first-order chi connectivity index (χ1) is 13.1. The van der Waals surface area contributed by atoms with Gasteiger partial charge in [0.1, 0.15) is 13.2 Å². The van der Waals surface area contributed by atoms with Crippen molar-refractivity contribution in [2.75, 3.05) is 13.2 Å². The molecule has 27 heavy (non-hydrogen) atoms. The van der Waals surface area contributed by atoms with E-state index in [1.807, 2.05) is 43.3 Å². The second-order valence-corrected chi connectivity index (χ2v) is 7.24. The number of fused-ring (bicyclic) bond motifs is 1. The molecule has 0 fully saturated rings. The molecule has 0 amide bonds. The predicted molar refractivity (Wildman–Crippen MR) is 105 cm³/mol. The van der Waals surface area contributed by atoms with E-state index in [0.29, 0.717) is 39.5 Å². The Morgan fingerprint density at radius 1 is 1.11 bits per heavy atom. The fourth-order valence-corrected chi connectivity index (χ4v) is 3.76. The van der Waals surface area contributed by atoms with Gasteiger partial charge in [-0.1, -0.05) is 30.3 Å². The number of aromatic amines is 1.